The molecule has 0 bridgehead atoms. The molecule has 7 heteroatoms. The molecule has 2 fully saturated rings. The van der Waals surface area contributed by atoms with Gasteiger partial charge in [0.1, 0.15) is 6.04 Å². The minimum absolute atomic E-state index is 0.00847. The molecule has 2 unspecified atom stereocenters. The van der Waals surface area contributed by atoms with Crippen molar-refractivity contribution in [2.75, 3.05) is 32.7 Å². The molecule has 2 amide bonds. The first-order valence-corrected chi connectivity index (χ1v) is 7.01. The summed E-state index contributed by atoms with van der Waals surface area (Å²) in [6, 6.07) is -0.513. The first-order chi connectivity index (χ1) is 9.49. The summed E-state index contributed by atoms with van der Waals surface area (Å²) < 4.78 is 0. The molecule has 2 rings (SSSR count). The molecule has 0 aromatic heterocycles. The molecule has 0 aliphatic carbocycles. The number of nitrogens with one attached hydrogen (secondary N) is 1. The zero-order chi connectivity index (χ0) is 14.7. The molecular weight excluding hydrogens is 262 g/mol. The maximum atomic E-state index is 12.3. The lowest BCUT2D eigenvalue weighted by Gasteiger charge is -2.38. The van der Waals surface area contributed by atoms with Crippen LogP contribution < -0.4 is 5.32 Å². The topological polar surface area (TPSA) is 90.0 Å². The Balaban J connectivity index is 1.83. The normalized spacial score (nSPS) is 25.9. The molecular formula is C13H21N3O4. The molecule has 0 radical (unpaired) electrons. The maximum absolute atomic E-state index is 12.3. The first kappa shape index (κ1) is 14.8. The summed E-state index contributed by atoms with van der Waals surface area (Å²) in [7, 11) is 0. The van der Waals surface area contributed by atoms with Crippen LogP contribution in [0.15, 0.2) is 0 Å². The molecule has 2 N–H and O–H groups in total. The Morgan fingerprint density at radius 3 is 2.45 bits per heavy atom. The first-order valence-electron chi connectivity index (χ1n) is 7.01. The summed E-state index contributed by atoms with van der Waals surface area (Å²) in [5.74, 6) is -0.877. The molecule has 2 saturated heterocycles. The van der Waals surface area contributed by atoms with Crippen molar-refractivity contribution in [1.29, 1.82) is 0 Å². The number of aliphatic carboxylic acids is 1. The molecule has 0 aromatic rings. The summed E-state index contributed by atoms with van der Waals surface area (Å²) in [6.07, 6.45) is 1.02. The van der Waals surface area contributed by atoms with Gasteiger partial charge in [-0.15, -0.1) is 0 Å². The zero-order valence-electron chi connectivity index (χ0n) is 11.7. The number of carboxylic acids is 1. The number of carbonyl (C=O) groups is 3. The Morgan fingerprint density at radius 1 is 1.30 bits per heavy atom. The molecule has 0 spiro atoms. The van der Waals surface area contributed by atoms with Crippen molar-refractivity contribution in [2.24, 2.45) is 5.92 Å². The van der Waals surface area contributed by atoms with E-state index in [4.69, 9.17) is 5.11 Å². The van der Waals surface area contributed by atoms with Gasteiger partial charge in [-0.2, -0.15) is 0 Å². The van der Waals surface area contributed by atoms with E-state index < -0.39 is 12.0 Å². The van der Waals surface area contributed by atoms with Crippen LogP contribution in [0.25, 0.3) is 0 Å². The van der Waals surface area contributed by atoms with Gasteiger partial charge in [0.2, 0.25) is 11.8 Å². The van der Waals surface area contributed by atoms with Crippen LogP contribution in [0.3, 0.4) is 0 Å². The SMILES string of the molecule is CC(C(=O)O)N1CCN(C(=O)C2CCC(=O)NC2)CC1. The van der Waals surface area contributed by atoms with Crippen LogP contribution >= 0.6 is 0 Å². The second kappa shape index (κ2) is 6.21. The quantitative estimate of drug-likeness (QED) is 0.703. The molecule has 2 aliphatic heterocycles. The second-order valence-corrected chi connectivity index (χ2v) is 5.42. The third kappa shape index (κ3) is 3.27. The third-order valence-corrected chi connectivity index (χ3v) is 4.15. The number of piperidine rings is 1. The van der Waals surface area contributed by atoms with Crippen LogP contribution in [0.2, 0.25) is 0 Å². The minimum Gasteiger partial charge on any atom is -0.480 e. The predicted octanol–water partition coefficient (Wildman–Crippen LogP) is -0.870. The van der Waals surface area contributed by atoms with Crippen molar-refractivity contribution in [2.45, 2.75) is 25.8 Å². The van der Waals surface area contributed by atoms with Gasteiger partial charge in [0.15, 0.2) is 0 Å². The van der Waals surface area contributed by atoms with Crippen molar-refractivity contribution in [3.05, 3.63) is 0 Å². The molecule has 0 aromatic carbocycles. The summed E-state index contributed by atoms with van der Waals surface area (Å²) in [5.41, 5.74) is 0. The minimum atomic E-state index is -0.834. The van der Waals surface area contributed by atoms with E-state index in [1.807, 2.05) is 4.90 Å². The van der Waals surface area contributed by atoms with Crippen LogP contribution in [0.1, 0.15) is 19.8 Å². The molecule has 112 valence electrons. The van der Waals surface area contributed by atoms with Crippen LogP contribution in [0.5, 0.6) is 0 Å². The molecule has 2 atom stereocenters. The lowest BCUT2D eigenvalue weighted by Crippen LogP contribution is -2.55. The number of rotatable bonds is 3. The van der Waals surface area contributed by atoms with Crippen molar-refractivity contribution in [1.82, 2.24) is 15.1 Å². The second-order valence-electron chi connectivity index (χ2n) is 5.42. The fourth-order valence-electron chi connectivity index (χ4n) is 2.69. The average molecular weight is 283 g/mol. The number of hydrogen-bond donors (Lipinski definition) is 2. The number of nitrogens with zero attached hydrogens (tertiary/aromatic N) is 2. The summed E-state index contributed by atoms with van der Waals surface area (Å²) in [4.78, 5) is 38.0. The van der Waals surface area contributed by atoms with Crippen LogP contribution in [-0.4, -0.2) is 71.5 Å². The van der Waals surface area contributed by atoms with Crippen molar-refractivity contribution in [3.8, 4) is 0 Å². The van der Waals surface area contributed by atoms with Gasteiger partial charge in [0.05, 0.1) is 5.92 Å². The average Bonchev–Trinajstić information content (AvgIpc) is 2.46. The van der Waals surface area contributed by atoms with Crippen LogP contribution in [0.4, 0.5) is 0 Å². The Kier molecular flexibility index (Phi) is 4.59. The van der Waals surface area contributed by atoms with Gasteiger partial charge in [-0.1, -0.05) is 0 Å². The maximum Gasteiger partial charge on any atom is 0.320 e. The van der Waals surface area contributed by atoms with Gasteiger partial charge in [0.25, 0.3) is 0 Å². The van der Waals surface area contributed by atoms with E-state index >= 15 is 0 Å². The third-order valence-electron chi connectivity index (χ3n) is 4.15. The number of piperazine rings is 1. The standard InChI is InChI=1S/C13H21N3O4/c1-9(13(19)20)15-4-6-16(7-5-15)12(18)10-2-3-11(17)14-8-10/h9-10H,2-8H2,1H3,(H,14,17)(H,19,20). The highest BCUT2D eigenvalue weighted by atomic mass is 16.4. The largest absolute Gasteiger partial charge is 0.480 e. The van der Waals surface area contributed by atoms with E-state index in [1.165, 1.54) is 0 Å². The number of amides is 2. The highest BCUT2D eigenvalue weighted by Gasteiger charge is 2.32. The molecule has 7 nitrogen and oxygen atoms in total. The lowest BCUT2D eigenvalue weighted by atomic mass is 9.97. The van der Waals surface area contributed by atoms with Crippen molar-refractivity contribution < 1.29 is 19.5 Å². The monoisotopic (exact) mass is 283 g/mol. The highest BCUT2D eigenvalue weighted by Crippen LogP contribution is 2.16. The fraction of sp³-hybridized carbons (Fsp3) is 0.769. The van der Waals surface area contributed by atoms with Gasteiger partial charge < -0.3 is 15.3 Å². The highest BCUT2D eigenvalue weighted by molar-refractivity contribution is 5.83. The van der Waals surface area contributed by atoms with E-state index in [0.717, 1.165) is 0 Å². The van der Waals surface area contributed by atoms with E-state index in [9.17, 15) is 14.4 Å². The van der Waals surface area contributed by atoms with Gasteiger partial charge in [0, 0.05) is 39.1 Å². The van der Waals surface area contributed by atoms with E-state index in [1.54, 1.807) is 11.8 Å². The fourth-order valence-corrected chi connectivity index (χ4v) is 2.69. The van der Waals surface area contributed by atoms with Crippen LogP contribution in [-0.2, 0) is 14.4 Å². The smallest absolute Gasteiger partial charge is 0.320 e. The van der Waals surface area contributed by atoms with E-state index in [0.29, 0.717) is 45.6 Å². The van der Waals surface area contributed by atoms with Crippen LogP contribution in [0, 0.1) is 5.92 Å². The van der Waals surface area contributed by atoms with Gasteiger partial charge in [-0.25, -0.2) is 0 Å². The number of hydrogen-bond acceptors (Lipinski definition) is 4. The van der Waals surface area contributed by atoms with E-state index in [-0.39, 0.29) is 17.7 Å². The van der Waals surface area contributed by atoms with Gasteiger partial charge in [-0.3, -0.25) is 19.3 Å². The van der Waals surface area contributed by atoms with Crippen molar-refractivity contribution in [3.63, 3.8) is 0 Å². The summed E-state index contributed by atoms with van der Waals surface area (Å²) in [6.45, 7) is 4.36. The molecule has 0 saturated carbocycles. The van der Waals surface area contributed by atoms with E-state index in [2.05, 4.69) is 5.32 Å². The summed E-state index contributed by atoms with van der Waals surface area (Å²) in [5, 5.41) is 11.7. The Labute approximate surface area is 117 Å². The predicted molar refractivity (Wildman–Crippen MR) is 71.0 cm³/mol. The molecule has 2 heterocycles. The lowest BCUT2D eigenvalue weighted by molar-refractivity contribution is -0.144. The Bertz CT molecular complexity index is 394. The number of carboxylic acid groups (broad SMARTS) is 1. The molecule has 20 heavy (non-hydrogen) atoms. The van der Waals surface area contributed by atoms with Gasteiger partial charge >= 0.3 is 5.97 Å². The Morgan fingerprint density at radius 2 is 1.95 bits per heavy atom. The number of carbonyl (C=O) groups excluding carboxylic acids is 2. The zero-order valence-corrected chi connectivity index (χ0v) is 11.7. The molecule has 2 aliphatic rings. The van der Waals surface area contributed by atoms with Gasteiger partial charge in [-0.05, 0) is 13.3 Å². The Hall–Kier alpha value is -1.63. The van der Waals surface area contributed by atoms with Crippen molar-refractivity contribution >= 4 is 17.8 Å². The summed E-state index contributed by atoms with van der Waals surface area (Å²) >= 11 is 0.